The highest BCUT2D eigenvalue weighted by Gasteiger charge is 2.15. The lowest BCUT2D eigenvalue weighted by molar-refractivity contribution is 0.497. The molecule has 1 atom stereocenters. The fourth-order valence-corrected chi connectivity index (χ4v) is 1.60. The van der Waals surface area contributed by atoms with Crippen LogP contribution in [0.3, 0.4) is 0 Å². The quantitative estimate of drug-likeness (QED) is 0.581. The maximum Gasteiger partial charge on any atom is 0.0522 e. The molecule has 1 heterocycles. The first-order valence-electron chi connectivity index (χ1n) is 3.87. The summed E-state index contributed by atoms with van der Waals surface area (Å²) in [6.45, 7) is 2.30. The number of hydrogen-bond donors (Lipinski definition) is 1. The fraction of sp³-hybridized carbons (Fsp3) is 0.625. The molecule has 1 aromatic rings. The van der Waals surface area contributed by atoms with Crippen LogP contribution in [0.25, 0.3) is 0 Å². The Kier molecular flexibility index (Phi) is 1.26. The van der Waals surface area contributed by atoms with Gasteiger partial charge in [0.25, 0.3) is 0 Å². The molecule has 10 heavy (non-hydrogen) atoms. The number of nitrogens with zero attached hydrogens (tertiary/aromatic N) is 1. The van der Waals surface area contributed by atoms with Gasteiger partial charge < -0.3 is 0 Å². The van der Waals surface area contributed by atoms with Crippen LogP contribution < -0.4 is 0 Å². The molecule has 0 bridgehead atoms. The van der Waals surface area contributed by atoms with E-state index in [4.69, 9.17) is 0 Å². The average Bonchev–Trinajstić information content (AvgIpc) is 2.33. The van der Waals surface area contributed by atoms with Gasteiger partial charge in [-0.2, -0.15) is 5.10 Å². The summed E-state index contributed by atoms with van der Waals surface area (Å²) in [5.41, 5.74) is 2.79. The standard InChI is InChI=1S/C8H12N2.H2/c1-6-2-3-8-7(4-6)5-9-10-8;/h5-6H,2-4H2,1H3,(H,9,10);1H. The van der Waals surface area contributed by atoms with E-state index in [9.17, 15) is 0 Å². The summed E-state index contributed by atoms with van der Waals surface area (Å²) in [5, 5.41) is 7.04. The number of H-pyrrole nitrogens is 1. The summed E-state index contributed by atoms with van der Waals surface area (Å²) < 4.78 is 0. The molecule has 1 N–H and O–H groups in total. The highest BCUT2D eigenvalue weighted by Crippen LogP contribution is 2.22. The number of rotatable bonds is 0. The van der Waals surface area contributed by atoms with Crippen LogP contribution in [0, 0.1) is 5.92 Å². The monoisotopic (exact) mass is 138 g/mol. The SMILES string of the molecule is CC1CCc2[nH]ncc2C1.[HH]. The third-order valence-corrected chi connectivity index (χ3v) is 2.26. The molecule has 0 spiro atoms. The molecular formula is C8H14N2. The number of fused-ring (bicyclic) bond motifs is 1. The Balaban J connectivity index is 0.000000605. The topological polar surface area (TPSA) is 28.7 Å². The second-order valence-electron chi connectivity index (χ2n) is 3.22. The first kappa shape index (κ1) is 5.96. The van der Waals surface area contributed by atoms with E-state index in [2.05, 4.69) is 17.1 Å². The summed E-state index contributed by atoms with van der Waals surface area (Å²) in [6, 6.07) is 0. The van der Waals surface area contributed by atoms with Crippen molar-refractivity contribution in [2.75, 3.05) is 0 Å². The zero-order valence-electron chi connectivity index (χ0n) is 6.22. The predicted molar refractivity (Wildman–Crippen MR) is 41.9 cm³/mol. The fourth-order valence-electron chi connectivity index (χ4n) is 1.60. The molecule has 0 fully saturated rings. The van der Waals surface area contributed by atoms with E-state index in [1.54, 1.807) is 0 Å². The van der Waals surface area contributed by atoms with Crippen molar-refractivity contribution >= 4 is 0 Å². The zero-order chi connectivity index (χ0) is 6.97. The molecular weight excluding hydrogens is 124 g/mol. The molecule has 2 heteroatoms. The van der Waals surface area contributed by atoms with Gasteiger partial charge >= 0.3 is 0 Å². The molecule has 2 nitrogen and oxygen atoms in total. The van der Waals surface area contributed by atoms with Crippen LogP contribution in [0.2, 0.25) is 0 Å². The van der Waals surface area contributed by atoms with Gasteiger partial charge in [-0.25, -0.2) is 0 Å². The minimum Gasteiger partial charge on any atom is -0.282 e. The van der Waals surface area contributed by atoms with Gasteiger partial charge in [0.1, 0.15) is 0 Å². The van der Waals surface area contributed by atoms with Crippen molar-refractivity contribution in [2.45, 2.75) is 26.2 Å². The Hall–Kier alpha value is -0.790. The molecule has 56 valence electrons. The summed E-state index contributed by atoms with van der Waals surface area (Å²) >= 11 is 0. The Bertz CT molecular complexity index is 232. The summed E-state index contributed by atoms with van der Waals surface area (Å²) in [4.78, 5) is 0. The molecule has 1 unspecified atom stereocenters. The lowest BCUT2D eigenvalue weighted by Crippen LogP contribution is -2.09. The highest BCUT2D eigenvalue weighted by molar-refractivity contribution is 5.19. The van der Waals surface area contributed by atoms with Crippen molar-refractivity contribution in [2.24, 2.45) is 5.92 Å². The molecule has 0 aromatic carbocycles. The van der Waals surface area contributed by atoms with Crippen molar-refractivity contribution in [1.29, 1.82) is 0 Å². The Labute approximate surface area is 62.1 Å². The molecule has 0 aliphatic heterocycles. The van der Waals surface area contributed by atoms with Crippen molar-refractivity contribution in [3.8, 4) is 0 Å². The minimum absolute atomic E-state index is 0. The van der Waals surface area contributed by atoms with Gasteiger partial charge in [0, 0.05) is 7.12 Å². The minimum atomic E-state index is 0. The number of aromatic amines is 1. The molecule has 0 saturated carbocycles. The van der Waals surface area contributed by atoms with Crippen molar-refractivity contribution in [1.82, 2.24) is 10.2 Å². The predicted octanol–water partition coefficient (Wildman–Crippen LogP) is 1.78. The molecule has 0 radical (unpaired) electrons. The van der Waals surface area contributed by atoms with Crippen LogP contribution in [-0.4, -0.2) is 10.2 Å². The van der Waals surface area contributed by atoms with E-state index < -0.39 is 0 Å². The van der Waals surface area contributed by atoms with Crippen LogP contribution in [0.1, 0.15) is 26.0 Å². The van der Waals surface area contributed by atoms with Gasteiger partial charge in [-0.05, 0) is 30.7 Å². The summed E-state index contributed by atoms with van der Waals surface area (Å²) in [5.74, 6) is 0.852. The zero-order valence-corrected chi connectivity index (χ0v) is 6.22. The first-order valence-corrected chi connectivity index (χ1v) is 3.87. The Morgan fingerprint density at radius 1 is 1.80 bits per heavy atom. The van der Waals surface area contributed by atoms with Crippen molar-refractivity contribution < 1.29 is 1.43 Å². The number of hydrogen-bond acceptors (Lipinski definition) is 1. The van der Waals surface area contributed by atoms with Crippen molar-refractivity contribution in [3.63, 3.8) is 0 Å². The normalized spacial score (nSPS) is 24.3. The summed E-state index contributed by atoms with van der Waals surface area (Å²) in [6.07, 6.45) is 5.68. The van der Waals surface area contributed by atoms with E-state index in [0.717, 1.165) is 5.92 Å². The number of nitrogens with one attached hydrogen (secondary N) is 1. The van der Waals surface area contributed by atoms with E-state index in [1.165, 1.54) is 30.5 Å². The number of aryl methyl sites for hydroxylation is 1. The van der Waals surface area contributed by atoms with Crippen LogP contribution in [0.15, 0.2) is 6.20 Å². The van der Waals surface area contributed by atoms with Gasteiger partial charge in [0.15, 0.2) is 0 Å². The van der Waals surface area contributed by atoms with E-state index >= 15 is 0 Å². The largest absolute Gasteiger partial charge is 0.282 e. The average molecular weight is 138 g/mol. The lowest BCUT2D eigenvalue weighted by Gasteiger charge is -2.16. The van der Waals surface area contributed by atoms with Gasteiger partial charge in [0.2, 0.25) is 0 Å². The Morgan fingerprint density at radius 3 is 3.60 bits per heavy atom. The van der Waals surface area contributed by atoms with Gasteiger partial charge in [0.05, 0.1) is 6.20 Å². The van der Waals surface area contributed by atoms with Crippen LogP contribution in [0.4, 0.5) is 0 Å². The highest BCUT2D eigenvalue weighted by atomic mass is 15.1. The lowest BCUT2D eigenvalue weighted by atomic mass is 9.89. The van der Waals surface area contributed by atoms with E-state index in [0.29, 0.717) is 0 Å². The third-order valence-electron chi connectivity index (χ3n) is 2.26. The second-order valence-corrected chi connectivity index (χ2v) is 3.22. The van der Waals surface area contributed by atoms with Crippen LogP contribution >= 0.6 is 0 Å². The van der Waals surface area contributed by atoms with Crippen LogP contribution in [-0.2, 0) is 12.8 Å². The maximum atomic E-state index is 4.01. The molecule has 1 aromatic heterocycles. The van der Waals surface area contributed by atoms with Gasteiger partial charge in [-0.3, -0.25) is 5.10 Å². The first-order chi connectivity index (χ1) is 4.86. The smallest absolute Gasteiger partial charge is 0.0522 e. The molecule has 0 amide bonds. The van der Waals surface area contributed by atoms with E-state index in [1.807, 2.05) is 6.20 Å². The third kappa shape index (κ3) is 0.838. The van der Waals surface area contributed by atoms with Crippen molar-refractivity contribution in [3.05, 3.63) is 17.5 Å². The summed E-state index contributed by atoms with van der Waals surface area (Å²) in [7, 11) is 0. The molecule has 0 saturated heterocycles. The molecule has 1 aliphatic carbocycles. The second kappa shape index (κ2) is 2.11. The van der Waals surface area contributed by atoms with Crippen LogP contribution in [0.5, 0.6) is 0 Å². The molecule has 2 rings (SSSR count). The molecule has 1 aliphatic rings. The Morgan fingerprint density at radius 2 is 2.70 bits per heavy atom. The van der Waals surface area contributed by atoms with Gasteiger partial charge in [-0.1, -0.05) is 6.92 Å². The number of aromatic nitrogens is 2. The van der Waals surface area contributed by atoms with E-state index in [-0.39, 0.29) is 1.43 Å². The maximum absolute atomic E-state index is 4.01. The van der Waals surface area contributed by atoms with Gasteiger partial charge in [-0.15, -0.1) is 0 Å².